The molecule has 1 spiro atoms. The van der Waals surface area contributed by atoms with Crippen LogP contribution in [0.1, 0.15) is 46.5 Å². The first-order chi connectivity index (χ1) is 17.2. The van der Waals surface area contributed by atoms with Crippen molar-refractivity contribution in [1.82, 2.24) is 15.1 Å². The molecule has 0 saturated carbocycles. The van der Waals surface area contributed by atoms with E-state index in [2.05, 4.69) is 5.32 Å². The number of nitrogens with one attached hydrogen (secondary N) is 1. The van der Waals surface area contributed by atoms with Gasteiger partial charge in [0.25, 0.3) is 0 Å². The molecule has 36 heavy (non-hydrogen) atoms. The molecule has 6 atom stereocenters. The van der Waals surface area contributed by atoms with E-state index in [4.69, 9.17) is 9.47 Å². The molecule has 5 bridgehead atoms. The van der Waals surface area contributed by atoms with Crippen molar-refractivity contribution < 1.29 is 33.8 Å². The molecule has 2 fully saturated rings. The number of aliphatic hydroxyl groups excluding tert-OH is 1. The van der Waals surface area contributed by atoms with Gasteiger partial charge in [-0.15, -0.1) is 0 Å². The number of rotatable bonds is 5. The molecule has 0 aliphatic carbocycles. The van der Waals surface area contributed by atoms with Gasteiger partial charge in [0, 0.05) is 32.2 Å². The summed E-state index contributed by atoms with van der Waals surface area (Å²) in [4.78, 5) is 56.6. The summed E-state index contributed by atoms with van der Waals surface area (Å²) in [7, 11) is 0. The summed E-state index contributed by atoms with van der Waals surface area (Å²) in [6.07, 6.45) is 7.85. The average Bonchev–Trinajstić information content (AvgIpc) is 3.46. The van der Waals surface area contributed by atoms with Crippen molar-refractivity contribution in [1.29, 1.82) is 0 Å². The molecule has 0 unspecified atom stereocenters. The van der Waals surface area contributed by atoms with Crippen LogP contribution in [0.5, 0.6) is 0 Å². The van der Waals surface area contributed by atoms with Gasteiger partial charge in [-0.2, -0.15) is 0 Å². The lowest BCUT2D eigenvalue weighted by Crippen LogP contribution is -2.57. The van der Waals surface area contributed by atoms with Gasteiger partial charge in [-0.25, -0.2) is 0 Å². The van der Waals surface area contributed by atoms with Crippen LogP contribution in [-0.4, -0.2) is 94.7 Å². The summed E-state index contributed by atoms with van der Waals surface area (Å²) in [5, 5.41) is 12.1. The Morgan fingerprint density at radius 2 is 1.94 bits per heavy atom. The van der Waals surface area contributed by atoms with E-state index in [9.17, 15) is 24.3 Å². The number of esters is 1. The number of nitrogens with zero attached hydrogens (tertiary/aromatic N) is 2. The number of ether oxygens (including phenoxy) is 2. The van der Waals surface area contributed by atoms with E-state index in [1.165, 1.54) is 0 Å². The van der Waals surface area contributed by atoms with Crippen LogP contribution in [0.25, 0.3) is 0 Å². The first kappa shape index (κ1) is 26.3. The molecular weight excluding hydrogens is 466 g/mol. The molecule has 4 aliphatic heterocycles. The topological polar surface area (TPSA) is 125 Å². The van der Waals surface area contributed by atoms with E-state index in [1.54, 1.807) is 28.9 Å². The lowest BCUT2D eigenvalue weighted by Gasteiger charge is -2.37. The van der Waals surface area contributed by atoms with Crippen LogP contribution >= 0.6 is 0 Å². The number of carbonyl (C=O) groups is 4. The van der Waals surface area contributed by atoms with E-state index < -0.39 is 41.7 Å². The minimum Gasteiger partial charge on any atom is -0.460 e. The summed E-state index contributed by atoms with van der Waals surface area (Å²) in [5.74, 6) is -3.01. The summed E-state index contributed by atoms with van der Waals surface area (Å²) < 4.78 is 12.0. The smallest absolute Gasteiger partial charge is 0.313 e. The largest absolute Gasteiger partial charge is 0.460 e. The minimum absolute atomic E-state index is 0.0139. The highest BCUT2D eigenvalue weighted by Crippen LogP contribution is 2.55. The van der Waals surface area contributed by atoms with Crippen molar-refractivity contribution >= 4 is 23.7 Å². The lowest BCUT2D eigenvalue weighted by atomic mass is 9.74. The number of amides is 3. The van der Waals surface area contributed by atoms with Gasteiger partial charge in [-0.05, 0) is 40.0 Å². The lowest BCUT2D eigenvalue weighted by molar-refractivity contribution is -0.158. The SMILES string of the molecule is CC(C)N1C/C=C\CCC(=O)NC[C@@H](C)OC(=O)[C@@H]2[C@@H]3C=C[C@]4(O3)[C@H](C1=O)N(CCCCO)C(=O)[C@@H]24. The fourth-order valence-corrected chi connectivity index (χ4v) is 5.75. The summed E-state index contributed by atoms with van der Waals surface area (Å²) in [5.41, 5.74) is -1.25. The first-order valence-corrected chi connectivity index (χ1v) is 12.9. The maximum atomic E-state index is 14.1. The first-order valence-electron chi connectivity index (χ1n) is 12.9. The fourth-order valence-electron chi connectivity index (χ4n) is 5.75. The van der Waals surface area contributed by atoms with E-state index >= 15 is 0 Å². The Morgan fingerprint density at radius 3 is 2.67 bits per heavy atom. The molecule has 4 rings (SSSR count). The van der Waals surface area contributed by atoms with Gasteiger partial charge in [-0.3, -0.25) is 19.2 Å². The molecule has 3 amide bonds. The Kier molecular flexibility index (Phi) is 7.85. The quantitative estimate of drug-likeness (QED) is 0.319. The molecule has 10 heteroatoms. The van der Waals surface area contributed by atoms with Gasteiger partial charge >= 0.3 is 5.97 Å². The van der Waals surface area contributed by atoms with Gasteiger partial charge < -0.3 is 29.7 Å². The van der Waals surface area contributed by atoms with Crippen molar-refractivity contribution in [3.63, 3.8) is 0 Å². The van der Waals surface area contributed by atoms with Crippen LogP contribution < -0.4 is 5.32 Å². The second kappa shape index (κ2) is 10.7. The number of allylic oxidation sites excluding steroid dienone is 1. The highest BCUT2D eigenvalue weighted by atomic mass is 16.6. The second-order valence-corrected chi connectivity index (χ2v) is 10.3. The Morgan fingerprint density at radius 1 is 1.17 bits per heavy atom. The van der Waals surface area contributed by atoms with Crippen molar-refractivity contribution in [2.75, 3.05) is 26.2 Å². The van der Waals surface area contributed by atoms with Crippen LogP contribution in [0.15, 0.2) is 24.3 Å². The van der Waals surface area contributed by atoms with E-state index in [0.29, 0.717) is 25.8 Å². The molecule has 10 nitrogen and oxygen atoms in total. The number of hydrogen-bond donors (Lipinski definition) is 2. The molecule has 0 radical (unpaired) electrons. The monoisotopic (exact) mass is 503 g/mol. The number of cyclic esters (lactones) is 1. The zero-order valence-corrected chi connectivity index (χ0v) is 21.2. The predicted octanol–water partition coefficient (Wildman–Crippen LogP) is 0.544. The predicted molar refractivity (Wildman–Crippen MR) is 129 cm³/mol. The third-order valence-electron chi connectivity index (χ3n) is 7.50. The van der Waals surface area contributed by atoms with Crippen LogP contribution in [0.4, 0.5) is 0 Å². The summed E-state index contributed by atoms with van der Waals surface area (Å²) in [6, 6.07) is -1.07. The summed E-state index contributed by atoms with van der Waals surface area (Å²) in [6.45, 7) is 6.27. The number of hydrogen-bond acceptors (Lipinski definition) is 7. The maximum Gasteiger partial charge on any atom is 0.313 e. The van der Waals surface area contributed by atoms with Crippen LogP contribution in [0.3, 0.4) is 0 Å². The molecule has 4 heterocycles. The van der Waals surface area contributed by atoms with Gasteiger partial charge in [-0.1, -0.05) is 24.3 Å². The number of likely N-dealkylation sites (tertiary alicyclic amines) is 1. The van der Waals surface area contributed by atoms with E-state index in [1.807, 2.05) is 26.0 Å². The van der Waals surface area contributed by atoms with Crippen molar-refractivity contribution in [3.05, 3.63) is 24.3 Å². The Bertz CT molecular complexity index is 948. The standard InChI is InChI=1S/C26H37N3O7/c1-16(2)28-12-6-4-5-9-19(31)27-15-17(3)35-25(34)20-18-10-11-26(36-18)21(20)23(32)29(13-7-8-14-30)22(26)24(28)33/h4,6,10-11,16-18,20-22,30H,5,7-9,12-15H2,1-3H3,(H,27,31)/b6-4-/t17-,18+,20-,21-,22+,26-/m1/s1. The number of fused-ring (bicyclic) bond motifs is 2. The fraction of sp³-hybridized carbons (Fsp3) is 0.692. The van der Waals surface area contributed by atoms with E-state index in [0.717, 1.165) is 0 Å². The van der Waals surface area contributed by atoms with Crippen LogP contribution in [0.2, 0.25) is 0 Å². The van der Waals surface area contributed by atoms with E-state index in [-0.39, 0.29) is 49.9 Å². The Labute approximate surface area is 211 Å². The molecule has 2 N–H and O–H groups in total. The van der Waals surface area contributed by atoms with Crippen molar-refractivity contribution in [2.24, 2.45) is 11.8 Å². The molecule has 198 valence electrons. The number of aliphatic hydroxyl groups is 1. The Hall–Kier alpha value is -2.72. The Balaban J connectivity index is 1.73. The zero-order valence-electron chi connectivity index (χ0n) is 21.2. The number of unbranched alkanes of at least 4 members (excludes halogenated alkanes) is 1. The van der Waals surface area contributed by atoms with Crippen molar-refractivity contribution in [2.45, 2.75) is 76.3 Å². The van der Waals surface area contributed by atoms with Crippen LogP contribution in [-0.2, 0) is 28.7 Å². The summed E-state index contributed by atoms with van der Waals surface area (Å²) >= 11 is 0. The van der Waals surface area contributed by atoms with Crippen LogP contribution in [0, 0.1) is 11.8 Å². The van der Waals surface area contributed by atoms with Gasteiger partial charge in [0.05, 0.1) is 18.6 Å². The molecule has 0 aromatic rings. The maximum absolute atomic E-state index is 14.1. The highest BCUT2D eigenvalue weighted by Gasteiger charge is 2.73. The molecule has 0 aromatic heterocycles. The third kappa shape index (κ3) is 4.68. The average molecular weight is 504 g/mol. The number of carbonyl (C=O) groups excluding carboxylic acids is 4. The molecular formula is C26H37N3O7. The van der Waals surface area contributed by atoms with Gasteiger partial charge in [0.2, 0.25) is 17.7 Å². The molecule has 4 aliphatic rings. The van der Waals surface area contributed by atoms with Gasteiger partial charge in [0.15, 0.2) is 0 Å². The molecule has 0 aromatic carbocycles. The highest BCUT2D eigenvalue weighted by molar-refractivity contribution is 5.99. The normalized spacial score (nSPS) is 35.9. The van der Waals surface area contributed by atoms with Crippen molar-refractivity contribution in [3.8, 4) is 0 Å². The second-order valence-electron chi connectivity index (χ2n) is 10.3. The third-order valence-corrected chi connectivity index (χ3v) is 7.50. The zero-order chi connectivity index (χ0) is 26.0. The van der Waals surface area contributed by atoms with Gasteiger partial charge in [0.1, 0.15) is 23.7 Å². The molecule has 2 saturated heterocycles. The minimum atomic E-state index is -1.25.